The van der Waals surface area contributed by atoms with Crippen molar-refractivity contribution in [3.05, 3.63) is 97.5 Å². The van der Waals surface area contributed by atoms with Crippen LogP contribution in [0.1, 0.15) is 93.7 Å². The number of benzene rings is 2. The average Bonchev–Trinajstić information content (AvgIpc) is 3.57. The van der Waals surface area contributed by atoms with Gasteiger partial charge in [0.1, 0.15) is 18.5 Å². The number of aromatic nitrogens is 3. The molecule has 2 aromatic heterocycles. The van der Waals surface area contributed by atoms with Gasteiger partial charge in [0.25, 0.3) is 0 Å². The summed E-state index contributed by atoms with van der Waals surface area (Å²) in [6.07, 6.45) is 5.64. The highest BCUT2D eigenvalue weighted by molar-refractivity contribution is 6.36. The molecule has 0 bridgehead atoms. The van der Waals surface area contributed by atoms with Crippen molar-refractivity contribution in [1.29, 1.82) is 0 Å². The molecular formula is C35H39Cl2FN8O3. The molecule has 0 unspecified atom stereocenters. The molecule has 258 valence electrons. The second kappa shape index (κ2) is 15.4. The Morgan fingerprint density at radius 2 is 1.76 bits per heavy atom. The van der Waals surface area contributed by atoms with Crippen LogP contribution in [0.4, 0.5) is 20.7 Å². The number of hydrogen-bond donors (Lipinski definition) is 1. The zero-order valence-corrected chi connectivity index (χ0v) is 29.5. The Bertz CT molecular complexity index is 1860. The van der Waals surface area contributed by atoms with Crippen LogP contribution in [0.3, 0.4) is 0 Å². The van der Waals surface area contributed by atoms with E-state index in [4.69, 9.17) is 43.9 Å². The van der Waals surface area contributed by atoms with E-state index < -0.39 is 11.9 Å². The summed E-state index contributed by atoms with van der Waals surface area (Å²) in [5, 5.41) is 8.74. The number of likely N-dealkylation sites (tertiary alicyclic amines) is 1. The minimum absolute atomic E-state index is 0.0861. The van der Waals surface area contributed by atoms with E-state index in [9.17, 15) is 9.18 Å². The minimum atomic E-state index is -0.700. The Kier molecular flexibility index (Phi) is 11.2. The number of carbonyl (C=O) groups excluding carboxylic acids is 1. The quantitative estimate of drug-likeness (QED) is 0.0751. The maximum atomic E-state index is 14.1. The normalized spacial score (nSPS) is 14.2. The monoisotopic (exact) mass is 708 g/mol. The molecule has 0 spiro atoms. The van der Waals surface area contributed by atoms with Gasteiger partial charge in [-0.25, -0.2) is 14.2 Å². The van der Waals surface area contributed by atoms with E-state index in [1.165, 1.54) is 12.1 Å². The van der Waals surface area contributed by atoms with Crippen molar-refractivity contribution in [2.45, 2.75) is 78.0 Å². The lowest BCUT2D eigenvalue weighted by atomic mass is 9.90. The van der Waals surface area contributed by atoms with Gasteiger partial charge >= 0.3 is 6.09 Å². The third kappa shape index (κ3) is 8.04. The van der Waals surface area contributed by atoms with E-state index in [1.807, 2.05) is 50.7 Å². The third-order valence-corrected chi connectivity index (χ3v) is 9.40. The molecule has 1 amide bonds. The molecule has 0 saturated carbocycles. The number of rotatable bonds is 10. The summed E-state index contributed by atoms with van der Waals surface area (Å²) in [6, 6.07) is 8.37. The predicted molar refractivity (Wildman–Crippen MR) is 189 cm³/mol. The number of ether oxygens (including phenoxy) is 2. The number of piperidine rings is 1. The molecular weight excluding hydrogens is 670 g/mol. The van der Waals surface area contributed by atoms with Gasteiger partial charge in [-0.15, -0.1) is 0 Å². The molecule has 14 heteroatoms. The van der Waals surface area contributed by atoms with Gasteiger partial charge in [-0.3, -0.25) is 4.68 Å². The fourth-order valence-electron chi connectivity index (χ4n) is 5.98. The Balaban J connectivity index is 1.20. The highest BCUT2D eigenvalue weighted by Crippen LogP contribution is 2.38. The van der Waals surface area contributed by atoms with E-state index in [2.05, 4.69) is 20.1 Å². The molecule has 3 heterocycles. The maximum absolute atomic E-state index is 14.1. The molecule has 1 saturated heterocycles. The molecule has 5 rings (SSSR count). The summed E-state index contributed by atoms with van der Waals surface area (Å²) in [6.45, 7) is 11.0. The molecule has 1 fully saturated rings. The molecule has 2 aromatic carbocycles. The number of nitrogens with two attached hydrogens (primary N) is 1. The van der Waals surface area contributed by atoms with Crippen LogP contribution < -0.4 is 10.5 Å². The second-order valence-corrected chi connectivity index (χ2v) is 13.5. The Morgan fingerprint density at radius 3 is 2.39 bits per heavy atom. The number of hydrogen-bond acceptors (Lipinski definition) is 7. The predicted octanol–water partition coefficient (Wildman–Crippen LogP) is 10.3. The van der Waals surface area contributed by atoms with Crippen LogP contribution in [-0.4, -0.2) is 38.8 Å². The number of nitrogen functional groups attached to an aromatic ring is 1. The summed E-state index contributed by atoms with van der Waals surface area (Å²) < 4.78 is 27.8. The highest BCUT2D eigenvalue weighted by Gasteiger charge is 2.26. The Hall–Kier alpha value is -4.51. The zero-order valence-electron chi connectivity index (χ0n) is 28.0. The summed E-state index contributed by atoms with van der Waals surface area (Å²) in [5.74, 6) is 0.140. The average molecular weight is 710 g/mol. The molecule has 0 aliphatic carbocycles. The number of anilines is 1. The third-order valence-electron chi connectivity index (χ3n) is 8.68. The summed E-state index contributed by atoms with van der Waals surface area (Å²) >= 11 is 12.5. The lowest BCUT2D eigenvalue weighted by Gasteiger charge is -2.31. The van der Waals surface area contributed by atoms with E-state index in [0.29, 0.717) is 42.9 Å². The summed E-state index contributed by atoms with van der Waals surface area (Å²) in [7, 11) is 0. The first kappa shape index (κ1) is 35.8. The van der Waals surface area contributed by atoms with Crippen molar-refractivity contribution in [1.82, 2.24) is 19.7 Å². The van der Waals surface area contributed by atoms with Crippen molar-refractivity contribution in [2.75, 3.05) is 18.8 Å². The van der Waals surface area contributed by atoms with Crippen molar-refractivity contribution in [3.8, 4) is 16.9 Å². The number of halogens is 3. The van der Waals surface area contributed by atoms with Crippen LogP contribution in [0, 0.1) is 5.82 Å². The van der Waals surface area contributed by atoms with Gasteiger partial charge in [-0.1, -0.05) is 68.1 Å². The molecule has 11 nitrogen and oxygen atoms in total. The van der Waals surface area contributed by atoms with Crippen LogP contribution in [0.25, 0.3) is 21.6 Å². The smallest absolute Gasteiger partial charge is 0.410 e. The molecule has 0 radical (unpaired) electrons. The number of azide groups is 1. The van der Waals surface area contributed by atoms with Gasteiger partial charge in [0.05, 0.1) is 17.3 Å². The van der Waals surface area contributed by atoms with Crippen LogP contribution in [0.15, 0.2) is 54.0 Å². The van der Waals surface area contributed by atoms with E-state index in [0.717, 1.165) is 27.8 Å². The van der Waals surface area contributed by atoms with Crippen molar-refractivity contribution in [3.63, 3.8) is 0 Å². The van der Waals surface area contributed by atoms with Gasteiger partial charge in [-0.05, 0) is 72.0 Å². The summed E-state index contributed by atoms with van der Waals surface area (Å²) in [5.41, 5.74) is 20.5. The van der Waals surface area contributed by atoms with Crippen LogP contribution in [0.5, 0.6) is 5.75 Å². The molecule has 1 aliphatic heterocycles. The number of pyridine rings is 1. The fraction of sp³-hybridized carbons (Fsp3) is 0.400. The first-order chi connectivity index (χ1) is 23.4. The van der Waals surface area contributed by atoms with E-state index in [-0.39, 0.29) is 46.4 Å². The Morgan fingerprint density at radius 1 is 1.08 bits per heavy atom. The lowest BCUT2D eigenvalue weighted by molar-refractivity contribution is 0.0821. The molecule has 4 aromatic rings. The summed E-state index contributed by atoms with van der Waals surface area (Å²) in [4.78, 5) is 22.1. The molecule has 1 atom stereocenters. The largest absolute Gasteiger partial charge is 0.482 e. The fourth-order valence-corrected chi connectivity index (χ4v) is 6.65. The molecule has 2 N–H and O–H groups in total. The van der Waals surface area contributed by atoms with E-state index >= 15 is 0 Å². The number of amides is 1. The van der Waals surface area contributed by atoms with Crippen LogP contribution >= 0.6 is 23.2 Å². The van der Waals surface area contributed by atoms with E-state index in [1.54, 1.807) is 30.3 Å². The zero-order chi connectivity index (χ0) is 35.4. The van der Waals surface area contributed by atoms with Crippen molar-refractivity contribution in [2.24, 2.45) is 5.11 Å². The van der Waals surface area contributed by atoms with Gasteiger partial charge < -0.3 is 20.1 Å². The highest BCUT2D eigenvalue weighted by atomic mass is 35.5. The maximum Gasteiger partial charge on any atom is 0.410 e. The minimum Gasteiger partial charge on any atom is -0.482 e. The van der Waals surface area contributed by atoms with Gasteiger partial charge in [0, 0.05) is 57.8 Å². The standard InChI is InChI=1S/C35H39Cl2FN8O3/c1-19(2)26-12-22(13-27(20(3)4)33(26)43-44-40)18-48-35(47)45-10-8-25(9-11-45)46-17-24(16-42-46)23-14-30(34(39)41-15-23)49-21(5)31-28(36)6-7-29(38)32(31)37/h6-7,12-17,19-21,25H,8-11,18H2,1-5H3,(H2,39,41)/t21-/m0/s1. The van der Waals surface area contributed by atoms with Gasteiger partial charge in [-0.2, -0.15) is 5.10 Å². The first-order valence-electron chi connectivity index (χ1n) is 16.1. The number of nitrogens with zero attached hydrogens (tertiary/aromatic N) is 7. The SMILES string of the molecule is CC(C)c1cc(COC(=O)N2CCC(n3cc(-c4cnc(N)c(O[C@@H](C)c5c(Cl)ccc(F)c5Cl)c4)cn3)CC2)cc(C(C)C)c1N=[N+]=[N-]. The topological polar surface area (TPSA) is 144 Å². The lowest BCUT2D eigenvalue weighted by Crippen LogP contribution is -2.39. The Labute approximate surface area is 294 Å². The molecule has 49 heavy (non-hydrogen) atoms. The second-order valence-electron chi connectivity index (χ2n) is 12.7. The van der Waals surface area contributed by atoms with Gasteiger partial charge in [0.2, 0.25) is 0 Å². The first-order valence-corrected chi connectivity index (χ1v) is 16.9. The van der Waals surface area contributed by atoms with Crippen molar-refractivity contribution >= 4 is 40.8 Å². The van der Waals surface area contributed by atoms with Crippen LogP contribution in [0.2, 0.25) is 10.0 Å². The van der Waals surface area contributed by atoms with Gasteiger partial charge in [0.15, 0.2) is 11.6 Å². The molecule has 1 aliphatic rings. The number of carbonyl (C=O) groups is 1. The van der Waals surface area contributed by atoms with Crippen LogP contribution in [-0.2, 0) is 11.3 Å². The van der Waals surface area contributed by atoms with Crippen molar-refractivity contribution < 1.29 is 18.7 Å².